The lowest BCUT2D eigenvalue weighted by Crippen LogP contribution is -2.38. The number of pyridine rings is 1. The van der Waals surface area contributed by atoms with Crippen LogP contribution in [0.1, 0.15) is 48.6 Å². The number of phenols is 1. The average molecular weight is 491 g/mol. The van der Waals surface area contributed by atoms with Crippen molar-refractivity contribution in [2.75, 3.05) is 13.7 Å². The zero-order chi connectivity index (χ0) is 26.1. The van der Waals surface area contributed by atoms with E-state index in [2.05, 4.69) is 4.98 Å². The fraction of sp³-hybridized carbons (Fsp3) is 0.414. The minimum absolute atomic E-state index is 0.212. The van der Waals surface area contributed by atoms with Gasteiger partial charge in [0.2, 0.25) is 11.8 Å². The minimum Gasteiger partial charge on any atom is -0.507 e. The highest BCUT2D eigenvalue weighted by Crippen LogP contribution is 2.45. The number of aromatic hydroxyl groups is 1. The van der Waals surface area contributed by atoms with E-state index in [1.165, 1.54) is 7.05 Å². The fourth-order valence-electron chi connectivity index (χ4n) is 5.82. The van der Waals surface area contributed by atoms with Crippen molar-refractivity contribution in [3.8, 4) is 5.75 Å². The Morgan fingerprint density at radius 3 is 2.47 bits per heavy atom. The summed E-state index contributed by atoms with van der Waals surface area (Å²) in [6, 6.07) is 9.51. The zero-order valence-electron chi connectivity index (χ0n) is 21.2. The molecule has 1 aliphatic carbocycles. The molecule has 1 saturated heterocycles. The molecule has 7 heteroatoms. The fourth-order valence-corrected chi connectivity index (χ4v) is 5.82. The first kappa shape index (κ1) is 25.8. The molecule has 36 heavy (non-hydrogen) atoms. The topological polar surface area (TPSA) is 111 Å². The molecular formula is C29H34N2O5. The summed E-state index contributed by atoms with van der Waals surface area (Å²) in [5.41, 5.74) is 5.76. The Bertz CT molecular complexity index is 1210. The molecule has 1 aliphatic heterocycles. The number of phenolic OH excluding ortho intramolecular Hbond substituents is 1. The zero-order valence-corrected chi connectivity index (χ0v) is 21.2. The first-order chi connectivity index (χ1) is 17.1. The third-order valence-electron chi connectivity index (χ3n) is 7.64. The van der Waals surface area contributed by atoms with Crippen LogP contribution in [0.4, 0.5) is 0 Å². The van der Waals surface area contributed by atoms with Crippen molar-refractivity contribution in [1.29, 1.82) is 0 Å². The molecule has 0 radical (unpaired) electrons. The van der Waals surface area contributed by atoms with Gasteiger partial charge in [0.1, 0.15) is 5.75 Å². The standard InChI is InChI=1S/C29H34N2O5/c1-16-13-21-26(29(36)31(4)28(21)35)22(15-32)25(16)24(33)9-8-20(23-7-5-6-10-30-23)14-19-11-17(2)27(34)18(3)12-19/h5-7,10-12,14,21-22,24,26,32-34H,8-9,13,15H2,1-4H3/b20-14-/t21-,22+,24-,26-/m1/s1. The van der Waals surface area contributed by atoms with Crippen molar-refractivity contribution >= 4 is 23.5 Å². The third-order valence-corrected chi connectivity index (χ3v) is 7.64. The molecule has 1 aromatic carbocycles. The molecule has 0 bridgehead atoms. The highest BCUT2D eigenvalue weighted by atomic mass is 16.3. The second-order valence-corrected chi connectivity index (χ2v) is 10.0. The van der Waals surface area contributed by atoms with Crippen LogP contribution in [-0.2, 0) is 9.59 Å². The summed E-state index contributed by atoms with van der Waals surface area (Å²) in [4.78, 5) is 31.0. The summed E-state index contributed by atoms with van der Waals surface area (Å²) < 4.78 is 0. The van der Waals surface area contributed by atoms with Crippen LogP contribution >= 0.6 is 0 Å². The number of aliphatic hydroxyl groups excluding tert-OH is 2. The summed E-state index contributed by atoms with van der Waals surface area (Å²) in [5, 5.41) is 31.7. The van der Waals surface area contributed by atoms with Crippen molar-refractivity contribution in [2.24, 2.45) is 17.8 Å². The van der Waals surface area contributed by atoms with Gasteiger partial charge in [-0.3, -0.25) is 19.5 Å². The lowest BCUT2D eigenvalue weighted by atomic mass is 9.68. The molecule has 0 spiro atoms. The number of aromatic nitrogens is 1. The number of benzene rings is 1. The SMILES string of the molecule is CC1=C([C@H](O)CC/C(=C/c2cc(C)c(O)c(C)c2)c2ccccn2)[C@H](CO)[C@@H]2C(=O)N(C)C(=O)[C@@H]2C1. The lowest BCUT2D eigenvalue weighted by molar-refractivity contribution is -0.138. The van der Waals surface area contributed by atoms with Crippen LogP contribution in [0.2, 0.25) is 0 Å². The van der Waals surface area contributed by atoms with Gasteiger partial charge in [0.15, 0.2) is 0 Å². The first-order valence-corrected chi connectivity index (χ1v) is 12.4. The summed E-state index contributed by atoms with van der Waals surface area (Å²) in [6.45, 7) is 5.30. The number of imide groups is 1. The van der Waals surface area contributed by atoms with Crippen molar-refractivity contribution in [1.82, 2.24) is 9.88 Å². The summed E-state index contributed by atoms with van der Waals surface area (Å²) in [7, 11) is 1.49. The second-order valence-electron chi connectivity index (χ2n) is 10.0. The van der Waals surface area contributed by atoms with Gasteiger partial charge in [-0.25, -0.2) is 0 Å². The molecule has 4 atom stereocenters. The molecule has 2 aliphatic rings. The number of fused-ring (bicyclic) bond motifs is 1. The number of aryl methyl sites for hydroxylation is 2. The number of hydrogen-bond acceptors (Lipinski definition) is 6. The van der Waals surface area contributed by atoms with E-state index in [9.17, 15) is 24.9 Å². The van der Waals surface area contributed by atoms with Crippen LogP contribution in [0.15, 0.2) is 47.7 Å². The highest BCUT2D eigenvalue weighted by molar-refractivity contribution is 6.05. The molecule has 2 heterocycles. The largest absolute Gasteiger partial charge is 0.507 e. The summed E-state index contributed by atoms with van der Waals surface area (Å²) >= 11 is 0. The van der Waals surface area contributed by atoms with Gasteiger partial charge in [-0.2, -0.15) is 0 Å². The second kappa shape index (κ2) is 10.4. The number of hydrogen-bond donors (Lipinski definition) is 3. The van der Waals surface area contributed by atoms with E-state index in [4.69, 9.17) is 0 Å². The third kappa shape index (κ3) is 4.73. The molecule has 3 N–H and O–H groups in total. The lowest BCUT2D eigenvalue weighted by Gasteiger charge is -2.35. The van der Waals surface area contributed by atoms with Crippen molar-refractivity contribution in [2.45, 2.75) is 46.1 Å². The first-order valence-electron chi connectivity index (χ1n) is 12.4. The predicted molar refractivity (Wildman–Crippen MR) is 138 cm³/mol. The molecule has 0 saturated carbocycles. The van der Waals surface area contributed by atoms with Crippen LogP contribution in [-0.4, -0.2) is 56.8 Å². The normalized spacial score (nSPS) is 23.3. The molecule has 1 fully saturated rings. The average Bonchev–Trinajstić information content (AvgIpc) is 3.07. The van der Waals surface area contributed by atoms with Gasteiger partial charge < -0.3 is 15.3 Å². The smallest absolute Gasteiger partial charge is 0.233 e. The number of carbonyl (C=O) groups is 2. The number of amides is 2. The van der Waals surface area contributed by atoms with E-state index in [0.717, 1.165) is 38.4 Å². The molecule has 190 valence electrons. The van der Waals surface area contributed by atoms with E-state index < -0.39 is 23.9 Å². The number of allylic oxidation sites excluding steroid dienone is 2. The van der Waals surface area contributed by atoms with E-state index >= 15 is 0 Å². The number of aliphatic hydroxyl groups is 2. The molecular weight excluding hydrogens is 456 g/mol. The molecule has 2 aromatic rings. The Kier molecular flexibility index (Phi) is 7.43. The van der Waals surface area contributed by atoms with Gasteiger partial charge in [-0.05, 0) is 98.2 Å². The highest BCUT2D eigenvalue weighted by Gasteiger charge is 2.53. The van der Waals surface area contributed by atoms with Crippen LogP contribution in [0, 0.1) is 31.6 Å². The van der Waals surface area contributed by atoms with Crippen molar-refractivity contribution in [3.63, 3.8) is 0 Å². The monoisotopic (exact) mass is 490 g/mol. The van der Waals surface area contributed by atoms with Gasteiger partial charge in [0, 0.05) is 19.2 Å². The maximum atomic E-state index is 12.8. The van der Waals surface area contributed by atoms with Gasteiger partial charge in [0.05, 0.1) is 30.2 Å². The Balaban J connectivity index is 1.62. The van der Waals surface area contributed by atoms with E-state index in [1.807, 2.05) is 57.2 Å². The van der Waals surface area contributed by atoms with Crippen LogP contribution < -0.4 is 0 Å². The Morgan fingerprint density at radius 2 is 1.86 bits per heavy atom. The molecule has 7 nitrogen and oxygen atoms in total. The molecule has 2 amide bonds. The number of nitrogens with zero attached hydrogens (tertiary/aromatic N) is 2. The van der Waals surface area contributed by atoms with Gasteiger partial charge in [-0.1, -0.05) is 11.6 Å². The predicted octanol–water partition coefficient (Wildman–Crippen LogP) is 3.65. The molecule has 4 rings (SSSR count). The van der Waals surface area contributed by atoms with Crippen LogP contribution in [0.3, 0.4) is 0 Å². The maximum absolute atomic E-state index is 12.8. The maximum Gasteiger partial charge on any atom is 0.233 e. The van der Waals surface area contributed by atoms with Crippen molar-refractivity contribution in [3.05, 3.63) is 70.1 Å². The van der Waals surface area contributed by atoms with E-state index in [1.54, 1.807) is 6.20 Å². The number of likely N-dealkylation sites (tertiary alicyclic amines) is 1. The van der Waals surface area contributed by atoms with Gasteiger partial charge in [-0.15, -0.1) is 0 Å². The molecule has 0 unspecified atom stereocenters. The van der Waals surface area contributed by atoms with Gasteiger partial charge >= 0.3 is 0 Å². The molecule has 1 aromatic heterocycles. The summed E-state index contributed by atoms with van der Waals surface area (Å²) in [6.07, 6.45) is 4.17. The van der Waals surface area contributed by atoms with Crippen LogP contribution in [0.5, 0.6) is 5.75 Å². The number of rotatable bonds is 7. The Hall–Kier alpha value is -3.29. The van der Waals surface area contributed by atoms with E-state index in [0.29, 0.717) is 24.8 Å². The Labute approximate surface area is 211 Å². The van der Waals surface area contributed by atoms with E-state index in [-0.39, 0.29) is 24.2 Å². The quantitative estimate of drug-likeness (QED) is 0.404. The Morgan fingerprint density at radius 1 is 1.17 bits per heavy atom. The van der Waals surface area contributed by atoms with Crippen molar-refractivity contribution < 1.29 is 24.9 Å². The van der Waals surface area contributed by atoms with Gasteiger partial charge in [0.25, 0.3) is 0 Å². The number of carbonyl (C=O) groups excluding carboxylic acids is 2. The van der Waals surface area contributed by atoms with Crippen LogP contribution in [0.25, 0.3) is 11.6 Å². The minimum atomic E-state index is -0.868. The summed E-state index contributed by atoms with van der Waals surface area (Å²) in [5.74, 6) is -1.90.